The maximum absolute atomic E-state index is 8.53. The predicted molar refractivity (Wildman–Crippen MR) is 89.8 cm³/mol. The van der Waals surface area contributed by atoms with Gasteiger partial charge in [-0.2, -0.15) is 0 Å². The molecule has 0 fully saturated rings. The second-order valence-corrected chi connectivity index (χ2v) is 6.18. The minimum absolute atomic E-state index is 0.865. The Morgan fingerprint density at radius 1 is 0.650 bits per heavy atom. The molecule has 0 unspecified atom stereocenters. The molecule has 0 aliphatic heterocycles. The lowest BCUT2D eigenvalue weighted by Gasteiger charge is -2.03. The molecule has 0 radical (unpaired) electrons. The Balaban J connectivity index is 2.99. The van der Waals surface area contributed by atoms with Gasteiger partial charge in [-0.25, -0.2) is 0 Å². The van der Waals surface area contributed by atoms with Crippen molar-refractivity contribution in [2.45, 2.75) is 110 Å². The maximum Gasteiger partial charge on any atom is 0.0540 e. The van der Waals surface area contributed by atoms with Gasteiger partial charge in [-0.15, -0.1) is 0 Å². The van der Waals surface area contributed by atoms with Gasteiger partial charge in [0.2, 0.25) is 0 Å². The third-order valence-corrected chi connectivity index (χ3v) is 4.06. The van der Waals surface area contributed by atoms with E-state index in [1.165, 1.54) is 89.9 Å². The molecule has 0 aliphatic rings. The topological polar surface area (TPSA) is 32.6 Å². The zero-order chi connectivity index (χ0) is 14.9. The molecule has 2 nitrogen and oxygen atoms in total. The van der Waals surface area contributed by atoms with Gasteiger partial charge in [0, 0.05) is 0 Å². The highest BCUT2D eigenvalue weighted by Crippen LogP contribution is 2.13. The van der Waals surface area contributed by atoms with Crippen LogP contribution in [-0.4, -0.2) is 10.9 Å². The van der Waals surface area contributed by atoms with Gasteiger partial charge in [-0.05, 0) is 19.8 Å². The van der Waals surface area contributed by atoms with Crippen LogP contribution in [0.1, 0.15) is 110 Å². The summed E-state index contributed by atoms with van der Waals surface area (Å²) >= 11 is 0. The third-order valence-electron chi connectivity index (χ3n) is 4.06. The van der Waals surface area contributed by atoms with Crippen LogP contribution in [0.4, 0.5) is 0 Å². The van der Waals surface area contributed by atoms with Crippen LogP contribution in [-0.2, 0) is 0 Å². The third kappa shape index (κ3) is 15.5. The molecule has 120 valence electrons. The van der Waals surface area contributed by atoms with E-state index in [1.807, 2.05) is 6.92 Å². The van der Waals surface area contributed by atoms with Gasteiger partial charge < -0.3 is 5.21 Å². The van der Waals surface area contributed by atoms with Crippen LogP contribution in [0.5, 0.6) is 0 Å². The molecule has 0 atom stereocenters. The summed E-state index contributed by atoms with van der Waals surface area (Å²) in [5.41, 5.74) is 0.865. The highest BCUT2D eigenvalue weighted by atomic mass is 16.4. The first-order valence-electron chi connectivity index (χ1n) is 8.98. The summed E-state index contributed by atoms with van der Waals surface area (Å²) in [4.78, 5) is 0. The summed E-state index contributed by atoms with van der Waals surface area (Å²) in [6, 6.07) is 0. The van der Waals surface area contributed by atoms with Crippen molar-refractivity contribution in [3.8, 4) is 0 Å². The molecule has 0 saturated carbocycles. The van der Waals surface area contributed by atoms with E-state index in [2.05, 4.69) is 12.1 Å². The van der Waals surface area contributed by atoms with Crippen molar-refractivity contribution in [1.82, 2.24) is 0 Å². The van der Waals surface area contributed by atoms with Crippen molar-refractivity contribution < 1.29 is 5.21 Å². The quantitative estimate of drug-likeness (QED) is 0.154. The number of oxime groups is 1. The Hall–Kier alpha value is -0.530. The SMILES string of the molecule is CCCCCCCCCCCCCCCC/C(C)=N/O. The fourth-order valence-corrected chi connectivity index (χ4v) is 2.63. The summed E-state index contributed by atoms with van der Waals surface area (Å²) in [5.74, 6) is 0. The normalized spacial score (nSPS) is 12.0. The van der Waals surface area contributed by atoms with E-state index < -0.39 is 0 Å². The Labute approximate surface area is 127 Å². The summed E-state index contributed by atoms with van der Waals surface area (Å²) in [7, 11) is 0. The van der Waals surface area contributed by atoms with Gasteiger partial charge in [0.25, 0.3) is 0 Å². The van der Waals surface area contributed by atoms with Gasteiger partial charge in [-0.3, -0.25) is 0 Å². The van der Waals surface area contributed by atoms with Crippen LogP contribution < -0.4 is 0 Å². The predicted octanol–water partition coefficient (Wildman–Crippen LogP) is 6.71. The lowest BCUT2D eigenvalue weighted by Crippen LogP contribution is -1.90. The van der Waals surface area contributed by atoms with E-state index in [-0.39, 0.29) is 0 Å². The molecule has 0 amide bonds. The van der Waals surface area contributed by atoms with Crippen LogP contribution in [0.15, 0.2) is 5.16 Å². The Morgan fingerprint density at radius 3 is 1.35 bits per heavy atom. The minimum Gasteiger partial charge on any atom is -0.411 e. The van der Waals surface area contributed by atoms with E-state index >= 15 is 0 Å². The highest BCUT2D eigenvalue weighted by Gasteiger charge is 1.95. The maximum atomic E-state index is 8.53. The molecule has 1 N–H and O–H groups in total. The van der Waals surface area contributed by atoms with Gasteiger partial charge in [0.1, 0.15) is 0 Å². The minimum atomic E-state index is 0.865. The average Bonchev–Trinajstić information content (AvgIpc) is 2.47. The second kappa shape index (κ2) is 16.5. The Bertz CT molecular complexity index is 213. The van der Waals surface area contributed by atoms with Gasteiger partial charge in [0.05, 0.1) is 5.71 Å². The molecule has 0 aliphatic carbocycles. The molecule has 0 saturated heterocycles. The van der Waals surface area contributed by atoms with Crippen LogP contribution in [0.25, 0.3) is 0 Å². The molecule has 0 aromatic rings. The van der Waals surface area contributed by atoms with E-state index in [0.29, 0.717) is 0 Å². The van der Waals surface area contributed by atoms with Crippen LogP contribution >= 0.6 is 0 Å². The fraction of sp³-hybridized carbons (Fsp3) is 0.944. The zero-order valence-corrected chi connectivity index (χ0v) is 14.0. The first-order valence-corrected chi connectivity index (χ1v) is 8.98. The number of rotatable bonds is 15. The fourth-order valence-electron chi connectivity index (χ4n) is 2.63. The van der Waals surface area contributed by atoms with Crippen molar-refractivity contribution in [1.29, 1.82) is 0 Å². The monoisotopic (exact) mass is 283 g/mol. The first-order chi connectivity index (χ1) is 9.81. The standard InChI is InChI=1S/C18H37NO/c1-3-4-5-6-7-8-9-10-11-12-13-14-15-16-17-18(2)19-20/h20H,3-17H2,1-2H3/b19-18+. The van der Waals surface area contributed by atoms with E-state index in [1.54, 1.807) is 0 Å². The van der Waals surface area contributed by atoms with E-state index in [4.69, 9.17) is 5.21 Å². The largest absolute Gasteiger partial charge is 0.411 e. The number of hydrogen-bond donors (Lipinski definition) is 1. The molecule has 0 spiro atoms. The molecule has 20 heavy (non-hydrogen) atoms. The second-order valence-electron chi connectivity index (χ2n) is 6.18. The van der Waals surface area contributed by atoms with Gasteiger partial charge in [-0.1, -0.05) is 95.6 Å². The lowest BCUT2D eigenvalue weighted by atomic mass is 10.0. The van der Waals surface area contributed by atoms with Crippen LogP contribution in [0.2, 0.25) is 0 Å². The van der Waals surface area contributed by atoms with Crippen molar-refractivity contribution in [3.63, 3.8) is 0 Å². The molecule has 0 aromatic heterocycles. The molecule has 0 heterocycles. The zero-order valence-electron chi connectivity index (χ0n) is 14.0. The van der Waals surface area contributed by atoms with E-state index in [0.717, 1.165) is 12.1 Å². The summed E-state index contributed by atoms with van der Waals surface area (Å²) in [6.45, 7) is 4.17. The molecular formula is C18H37NO. The summed E-state index contributed by atoms with van der Waals surface area (Å²) in [6.07, 6.45) is 20.4. The molecule has 2 heteroatoms. The van der Waals surface area contributed by atoms with Crippen molar-refractivity contribution in [2.75, 3.05) is 0 Å². The smallest absolute Gasteiger partial charge is 0.0540 e. The van der Waals surface area contributed by atoms with E-state index in [9.17, 15) is 0 Å². The lowest BCUT2D eigenvalue weighted by molar-refractivity contribution is 0.317. The summed E-state index contributed by atoms with van der Waals surface area (Å²) in [5, 5.41) is 11.7. The van der Waals surface area contributed by atoms with Gasteiger partial charge in [0.15, 0.2) is 0 Å². The number of hydrogen-bond acceptors (Lipinski definition) is 2. The Kier molecular flexibility index (Phi) is 16.1. The van der Waals surface area contributed by atoms with Crippen LogP contribution in [0.3, 0.4) is 0 Å². The molecule has 0 rings (SSSR count). The molecule has 0 aromatic carbocycles. The number of nitrogens with zero attached hydrogens (tertiary/aromatic N) is 1. The van der Waals surface area contributed by atoms with Crippen molar-refractivity contribution >= 4 is 5.71 Å². The van der Waals surface area contributed by atoms with Crippen LogP contribution in [0, 0.1) is 0 Å². The highest BCUT2D eigenvalue weighted by molar-refractivity contribution is 5.81. The molecule has 0 bridgehead atoms. The first kappa shape index (κ1) is 19.5. The van der Waals surface area contributed by atoms with Gasteiger partial charge >= 0.3 is 0 Å². The average molecular weight is 283 g/mol. The Morgan fingerprint density at radius 2 is 1.00 bits per heavy atom. The van der Waals surface area contributed by atoms with Crippen molar-refractivity contribution in [2.24, 2.45) is 5.16 Å². The number of unbranched alkanes of at least 4 members (excludes halogenated alkanes) is 13. The molecular weight excluding hydrogens is 246 g/mol. The summed E-state index contributed by atoms with van der Waals surface area (Å²) < 4.78 is 0. The van der Waals surface area contributed by atoms with Crippen molar-refractivity contribution in [3.05, 3.63) is 0 Å².